The minimum Gasteiger partial charge on any atom is -0.225 e. The molecule has 0 amide bonds. The number of hydrogen-bond acceptors (Lipinski definition) is 0. The van der Waals surface area contributed by atoms with E-state index in [2.05, 4.69) is 77.5 Å². The highest BCUT2D eigenvalue weighted by atomic mass is 15.1. The quantitative estimate of drug-likeness (QED) is 0.278. The summed E-state index contributed by atoms with van der Waals surface area (Å²) in [6.07, 6.45) is 4.67. The number of benzene rings is 3. The molecular formula is C26H21N2+. The van der Waals surface area contributed by atoms with Crippen LogP contribution in [0.5, 0.6) is 0 Å². The maximum atomic E-state index is 2.56. The van der Waals surface area contributed by atoms with Crippen molar-refractivity contribution in [3.05, 3.63) is 82.7 Å². The van der Waals surface area contributed by atoms with Gasteiger partial charge in [0.15, 0.2) is 0 Å². The van der Waals surface area contributed by atoms with Crippen molar-refractivity contribution in [2.75, 3.05) is 0 Å². The van der Waals surface area contributed by atoms with Gasteiger partial charge in [-0.25, -0.2) is 4.57 Å². The van der Waals surface area contributed by atoms with Crippen molar-refractivity contribution < 1.29 is 4.57 Å². The predicted molar refractivity (Wildman–Crippen MR) is 114 cm³/mol. The van der Waals surface area contributed by atoms with E-state index >= 15 is 0 Å². The Kier molecular flexibility index (Phi) is 2.56. The van der Waals surface area contributed by atoms with Gasteiger partial charge in [-0.15, -0.1) is 0 Å². The SMILES string of the molecule is Cc1cccc(C)c1-c1ccc2c3c1c1cccc4c1n1c(c[n+](c31)C2)CC4. The summed E-state index contributed by atoms with van der Waals surface area (Å²) < 4.78 is 5.03. The topological polar surface area (TPSA) is 8.29 Å². The standard InChI is InChI=1S/C26H21N2/c1-15-5-3-6-16(2)22(15)20-12-10-18-13-27-14-19-11-9-17-7-4-8-21-24(20)23(18)26(27)28(19)25(17)21/h3-8,10,12,14H,9,11,13H2,1-2H3/q+1. The first-order chi connectivity index (χ1) is 13.7. The summed E-state index contributed by atoms with van der Waals surface area (Å²) in [5.74, 6) is 0. The maximum Gasteiger partial charge on any atom is 0.295 e. The molecule has 0 radical (unpaired) electrons. The molecule has 5 aromatic rings. The van der Waals surface area contributed by atoms with E-state index in [0.717, 1.165) is 19.4 Å². The number of imidazole rings is 1. The molecule has 7 rings (SSSR count). The average molecular weight is 361 g/mol. The highest BCUT2D eigenvalue weighted by Gasteiger charge is 2.34. The van der Waals surface area contributed by atoms with Crippen molar-refractivity contribution in [1.29, 1.82) is 0 Å². The molecule has 0 saturated carbocycles. The van der Waals surface area contributed by atoms with E-state index < -0.39 is 0 Å². The molecule has 0 atom stereocenters. The molecule has 28 heavy (non-hydrogen) atoms. The largest absolute Gasteiger partial charge is 0.295 e. The van der Waals surface area contributed by atoms with Gasteiger partial charge in [-0.2, -0.15) is 4.40 Å². The Balaban J connectivity index is 1.82. The normalized spacial score (nSPS) is 14.4. The smallest absolute Gasteiger partial charge is 0.225 e. The second-order valence-corrected chi connectivity index (χ2v) is 8.51. The Morgan fingerprint density at radius 1 is 0.821 bits per heavy atom. The molecule has 0 spiro atoms. The second-order valence-electron chi connectivity index (χ2n) is 8.51. The van der Waals surface area contributed by atoms with Gasteiger partial charge in [-0.3, -0.25) is 0 Å². The molecule has 2 aliphatic rings. The highest BCUT2D eigenvalue weighted by Crippen LogP contribution is 2.43. The summed E-state index contributed by atoms with van der Waals surface area (Å²) >= 11 is 0. The number of para-hydroxylation sites is 1. The molecule has 0 aliphatic carbocycles. The van der Waals surface area contributed by atoms with Gasteiger partial charge in [0, 0.05) is 28.3 Å². The van der Waals surface area contributed by atoms with E-state index in [1.807, 2.05) is 0 Å². The minimum absolute atomic E-state index is 0.994. The zero-order valence-electron chi connectivity index (χ0n) is 16.2. The summed E-state index contributed by atoms with van der Waals surface area (Å²) in [6, 6.07) is 18.3. The van der Waals surface area contributed by atoms with Crippen LogP contribution in [0.25, 0.3) is 38.4 Å². The van der Waals surface area contributed by atoms with Crippen LogP contribution in [0.15, 0.2) is 54.7 Å². The van der Waals surface area contributed by atoms with E-state index in [4.69, 9.17) is 0 Å². The lowest BCUT2D eigenvalue weighted by atomic mass is 9.88. The van der Waals surface area contributed by atoms with E-state index in [1.54, 1.807) is 0 Å². The first-order valence-corrected chi connectivity index (χ1v) is 10.2. The molecule has 134 valence electrons. The molecular weight excluding hydrogens is 340 g/mol. The van der Waals surface area contributed by atoms with Crippen LogP contribution in [0, 0.1) is 13.8 Å². The number of hydrogen-bond donors (Lipinski definition) is 0. The molecule has 0 bridgehead atoms. The average Bonchev–Trinajstić information content (AvgIpc) is 3.24. The van der Waals surface area contributed by atoms with Crippen molar-refractivity contribution in [2.24, 2.45) is 0 Å². The molecule has 2 aliphatic heterocycles. The number of pyridine rings is 1. The van der Waals surface area contributed by atoms with Gasteiger partial charge in [0.2, 0.25) is 0 Å². The zero-order chi connectivity index (χ0) is 18.6. The van der Waals surface area contributed by atoms with Gasteiger partial charge in [-0.1, -0.05) is 48.5 Å². The van der Waals surface area contributed by atoms with E-state index in [1.165, 1.54) is 66.4 Å². The molecule has 3 aromatic carbocycles. The van der Waals surface area contributed by atoms with Gasteiger partial charge in [0.1, 0.15) is 24.0 Å². The molecule has 0 N–H and O–H groups in total. The molecule has 0 unspecified atom stereocenters. The van der Waals surface area contributed by atoms with Crippen LogP contribution in [0.3, 0.4) is 0 Å². The Labute approximate surface area is 163 Å². The monoisotopic (exact) mass is 361 g/mol. The minimum atomic E-state index is 0.994. The first kappa shape index (κ1) is 14.9. The van der Waals surface area contributed by atoms with Gasteiger partial charge in [0.25, 0.3) is 5.65 Å². The fourth-order valence-electron chi connectivity index (χ4n) is 5.83. The third kappa shape index (κ3) is 1.59. The Hall–Kier alpha value is -3.13. The van der Waals surface area contributed by atoms with Gasteiger partial charge < -0.3 is 0 Å². The van der Waals surface area contributed by atoms with Gasteiger partial charge in [-0.05, 0) is 42.5 Å². The highest BCUT2D eigenvalue weighted by molar-refractivity contribution is 6.19. The van der Waals surface area contributed by atoms with Crippen molar-refractivity contribution in [3.8, 4) is 11.1 Å². The zero-order valence-corrected chi connectivity index (χ0v) is 16.2. The van der Waals surface area contributed by atoms with Crippen LogP contribution in [0.2, 0.25) is 0 Å². The summed E-state index contributed by atoms with van der Waals surface area (Å²) in [7, 11) is 0. The number of aromatic nitrogens is 2. The van der Waals surface area contributed by atoms with E-state index in [-0.39, 0.29) is 0 Å². The fourth-order valence-corrected chi connectivity index (χ4v) is 5.83. The summed E-state index contributed by atoms with van der Waals surface area (Å²) in [6.45, 7) is 5.48. The molecule has 4 heterocycles. The number of fused-ring (bicyclic) bond motifs is 1. The summed E-state index contributed by atoms with van der Waals surface area (Å²) in [5.41, 5.74) is 12.7. The number of nitrogens with zero attached hydrogens (tertiary/aromatic N) is 2. The van der Waals surface area contributed by atoms with E-state index in [9.17, 15) is 0 Å². The van der Waals surface area contributed by atoms with Crippen LogP contribution in [-0.4, -0.2) is 4.40 Å². The lowest BCUT2D eigenvalue weighted by Crippen LogP contribution is -2.28. The predicted octanol–water partition coefficient (Wildman–Crippen LogP) is 5.28. The Morgan fingerprint density at radius 3 is 2.50 bits per heavy atom. The number of rotatable bonds is 1. The van der Waals surface area contributed by atoms with Crippen molar-refractivity contribution in [3.63, 3.8) is 0 Å². The molecule has 2 nitrogen and oxygen atoms in total. The fraction of sp³-hybridized carbons (Fsp3) is 0.192. The lowest BCUT2D eigenvalue weighted by molar-refractivity contribution is -0.657. The van der Waals surface area contributed by atoms with Gasteiger partial charge in [0.05, 0.1) is 5.39 Å². The van der Waals surface area contributed by atoms with Crippen LogP contribution in [-0.2, 0) is 19.4 Å². The van der Waals surface area contributed by atoms with Crippen molar-refractivity contribution in [2.45, 2.75) is 33.2 Å². The molecule has 0 fully saturated rings. The van der Waals surface area contributed by atoms with Crippen LogP contribution in [0.1, 0.15) is 27.9 Å². The van der Waals surface area contributed by atoms with Crippen LogP contribution < -0.4 is 4.57 Å². The first-order valence-electron chi connectivity index (χ1n) is 10.2. The van der Waals surface area contributed by atoms with Crippen molar-refractivity contribution in [1.82, 2.24) is 4.40 Å². The summed E-state index contributed by atoms with van der Waals surface area (Å²) in [5, 5.41) is 4.31. The molecule has 2 aromatic heterocycles. The lowest BCUT2D eigenvalue weighted by Gasteiger charge is -2.17. The Bertz CT molecular complexity index is 1480. The third-order valence-corrected chi connectivity index (χ3v) is 6.95. The van der Waals surface area contributed by atoms with E-state index in [0.29, 0.717) is 0 Å². The molecule has 0 saturated heterocycles. The van der Waals surface area contributed by atoms with Crippen LogP contribution >= 0.6 is 0 Å². The maximum absolute atomic E-state index is 2.56. The Morgan fingerprint density at radius 2 is 1.64 bits per heavy atom. The number of aryl methyl sites for hydroxylation is 4. The summed E-state index contributed by atoms with van der Waals surface area (Å²) in [4.78, 5) is 0. The van der Waals surface area contributed by atoms with Crippen LogP contribution in [0.4, 0.5) is 0 Å². The van der Waals surface area contributed by atoms with Crippen molar-refractivity contribution >= 4 is 27.3 Å². The third-order valence-electron chi connectivity index (χ3n) is 6.95. The second kappa shape index (κ2) is 4.82. The van der Waals surface area contributed by atoms with Gasteiger partial charge >= 0.3 is 0 Å². The molecule has 2 heteroatoms.